The number of hydrogen-bond donors (Lipinski definition) is 1. The second kappa shape index (κ2) is 6.78. The molecule has 4 nitrogen and oxygen atoms in total. The number of aryl methyl sites for hydroxylation is 1. The highest BCUT2D eigenvalue weighted by molar-refractivity contribution is 5.48. The highest BCUT2D eigenvalue weighted by atomic mass is 16.5. The second-order valence-corrected chi connectivity index (χ2v) is 5.19. The Kier molecular flexibility index (Phi) is 5.63. The Morgan fingerprint density at radius 3 is 2.11 bits per heavy atom. The molecule has 0 heterocycles. The van der Waals surface area contributed by atoms with Crippen molar-refractivity contribution in [1.29, 1.82) is 0 Å². The van der Waals surface area contributed by atoms with Gasteiger partial charge in [0.1, 0.15) is 0 Å². The first kappa shape index (κ1) is 15.8. The molecule has 0 aromatic heterocycles. The number of benzene rings is 1. The van der Waals surface area contributed by atoms with Crippen molar-refractivity contribution in [1.82, 2.24) is 4.90 Å². The molecule has 0 aliphatic heterocycles. The van der Waals surface area contributed by atoms with E-state index in [1.165, 1.54) is 11.1 Å². The minimum absolute atomic E-state index is 0.268. The van der Waals surface area contributed by atoms with Gasteiger partial charge in [-0.15, -0.1) is 0 Å². The number of methoxy groups -OCH3 is 2. The first-order valence-electron chi connectivity index (χ1n) is 6.55. The molecule has 0 aliphatic carbocycles. The third-order valence-electron chi connectivity index (χ3n) is 3.56. The average Bonchev–Trinajstić information content (AvgIpc) is 2.39. The molecule has 0 amide bonds. The van der Waals surface area contributed by atoms with Gasteiger partial charge in [-0.3, -0.25) is 0 Å². The van der Waals surface area contributed by atoms with Crippen molar-refractivity contribution in [3.05, 3.63) is 23.3 Å². The van der Waals surface area contributed by atoms with E-state index in [1.807, 2.05) is 6.07 Å². The van der Waals surface area contributed by atoms with Gasteiger partial charge in [0.15, 0.2) is 11.5 Å². The number of rotatable bonds is 6. The molecule has 0 aliphatic rings. The molecule has 108 valence electrons. The van der Waals surface area contributed by atoms with Crippen LogP contribution in [0.5, 0.6) is 11.5 Å². The summed E-state index contributed by atoms with van der Waals surface area (Å²) in [5.74, 6) is 1.90. The van der Waals surface area contributed by atoms with E-state index >= 15 is 0 Å². The van der Waals surface area contributed by atoms with Crippen LogP contribution in [0, 0.1) is 12.8 Å². The van der Waals surface area contributed by atoms with Crippen LogP contribution in [0.25, 0.3) is 0 Å². The standard InChI is InChI=1S/C15H26N2O2/c1-10-7-13(18-5)14(19-6)8-12(10)15(17(3)4)11(2)9-16/h7-8,11,15H,9,16H2,1-6H3. The molecule has 19 heavy (non-hydrogen) atoms. The van der Waals surface area contributed by atoms with Gasteiger partial charge in [0.2, 0.25) is 0 Å². The molecule has 2 N–H and O–H groups in total. The van der Waals surface area contributed by atoms with Crippen molar-refractivity contribution in [3.63, 3.8) is 0 Å². The highest BCUT2D eigenvalue weighted by Gasteiger charge is 2.23. The molecule has 0 spiro atoms. The quantitative estimate of drug-likeness (QED) is 0.857. The molecule has 2 atom stereocenters. The lowest BCUT2D eigenvalue weighted by Gasteiger charge is -2.31. The van der Waals surface area contributed by atoms with E-state index < -0.39 is 0 Å². The van der Waals surface area contributed by atoms with Crippen molar-refractivity contribution in [2.45, 2.75) is 19.9 Å². The van der Waals surface area contributed by atoms with Gasteiger partial charge in [-0.1, -0.05) is 6.92 Å². The summed E-state index contributed by atoms with van der Waals surface area (Å²) in [6, 6.07) is 4.35. The number of nitrogens with zero attached hydrogens (tertiary/aromatic N) is 1. The van der Waals surface area contributed by atoms with E-state index in [4.69, 9.17) is 15.2 Å². The SMILES string of the molecule is COc1cc(C)c(C(C(C)CN)N(C)C)cc1OC. The Balaban J connectivity index is 3.30. The Bertz CT molecular complexity index is 419. The molecular weight excluding hydrogens is 240 g/mol. The van der Waals surface area contributed by atoms with Gasteiger partial charge < -0.3 is 20.1 Å². The Hall–Kier alpha value is -1.26. The summed E-state index contributed by atoms with van der Waals surface area (Å²) in [6.07, 6.45) is 0. The van der Waals surface area contributed by atoms with Crippen LogP contribution >= 0.6 is 0 Å². The maximum absolute atomic E-state index is 5.84. The van der Waals surface area contributed by atoms with Crippen LogP contribution in [-0.2, 0) is 0 Å². The van der Waals surface area contributed by atoms with Crippen LogP contribution in [0.1, 0.15) is 24.1 Å². The molecule has 4 heteroatoms. The van der Waals surface area contributed by atoms with Gasteiger partial charge in [-0.2, -0.15) is 0 Å². The Morgan fingerprint density at radius 2 is 1.68 bits per heavy atom. The average molecular weight is 266 g/mol. The molecule has 1 aromatic rings. The Labute approximate surface area is 116 Å². The minimum atomic E-state index is 0.268. The summed E-state index contributed by atoms with van der Waals surface area (Å²) in [7, 11) is 7.47. The third kappa shape index (κ3) is 3.39. The van der Waals surface area contributed by atoms with Gasteiger partial charge >= 0.3 is 0 Å². The molecule has 1 rings (SSSR count). The topological polar surface area (TPSA) is 47.7 Å². The maximum atomic E-state index is 5.84. The zero-order valence-corrected chi connectivity index (χ0v) is 12.9. The van der Waals surface area contributed by atoms with Crippen LogP contribution in [0.2, 0.25) is 0 Å². The fourth-order valence-corrected chi connectivity index (χ4v) is 2.54. The van der Waals surface area contributed by atoms with Crippen LogP contribution in [0.15, 0.2) is 12.1 Å². The van der Waals surface area contributed by atoms with E-state index in [0.29, 0.717) is 12.5 Å². The van der Waals surface area contributed by atoms with Crippen molar-refractivity contribution in [3.8, 4) is 11.5 Å². The van der Waals surface area contributed by atoms with Crippen LogP contribution in [-0.4, -0.2) is 39.8 Å². The molecule has 0 saturated heterocycles. The highest BCUT2D eigenvalue weighted by Crippen LogP contribution is 2.36. The summed E-state index contributed by atoms with van der Waals surface area (Å²) in [5, 5.41) is 0. The molecule has 2 unspecified atom stereocenters. The Morgan fingerprint density at radius 1 is 1.16 bits per heavy atom. The molecule has 0 radical (unpaired) electrons. The van der Waals surface area contributed by atoms with E-state index in [0.717, 1.165) is 11.5 Å². The fraction of sp³-hybridized carbons (Fsp3) is 0.600. The monoisotopic (exact) mass is 266 g/mol. The molecular formula is C15H26N2O2. The molecule has 0 bridgehead atoms. The summed E-state index contributed by atoms with van der Waals surface area (Å²) < 4.78 is 10.7. The first-order valence-corrected chi connectivity index (χ1v) is 6.55. The van der Waals surface area contributed by atoms with Gasteiger partial charge in [0.25, 0.3) is 0 Å². The maximum Gasteiger partial charge on any atom is 0.161 e. The lowest BCUT2D eigenvalue weighted by atomic mass is 9.90. The summed E-state index contributed by atoms with van der Waals surface area (Å²) in [6.45, 7) is 4.91. The van der Waals surface area contributed by atoms with Crippen molar-refractivity contribution >= 4 is 0 Å². The van der Waals surface area contributed by atoms with Crippen molar-refractivity contribution in [2.75, 3.05) is 34.9 Å². The van der Waals surface area contributed by atoms with Crippen LogP contribution in [0.3, 0.4) is 0 Å². The third-order valence-corrected chi connectivity index (χ3v) is 3.56. The van der Waals surface area contributed by atoms with Crippen molar-refractivity contribution in [2.24, 2.45) is 11.7 Å². The predicted molar refractivity (Wildman–Crippen MR) is 78.9 cm³/mol. The number of nitrogens with two attached hydrogens (primary N) is 1. The summed E-state index contributed by atoms with van der Waals surface area (Å²) in [4.78, 5) is 2.20. The van der Waals surface area contributed by atoms with E-state index in [1.54, 1.807) is 14.2 Å². The van der Waals surface area contributed by atoms with Crippen LogP contribution in [0.4, 0.5) is 0 Å². The van der Waals surface area contributed by atoms with E-state index in [2.05, 4.69) is 38.9 Å². The zero-order chi connectivity index (χ0) is 14.6. The van der Waals surface area contributed by atoms with Gasteiger partial charge in [0.05, 0.1) is 14.2 Å². The number of hydrogen-bond acceptors (Lipinski definition) is 4. The van der Waals surface area contributed by atoms with Crippen molar-refractivity contribution < 1.29 is 9.47 Å². The smallest absolute Gasteiger partial charge is 0.161 e. The lowest BCUT2D eigenvalue weighted by Crippen LogP contribution is -2.30. The first-order chi connectivity index (χ1) is 8.96. The van der Waals surface area contributed by atoms with E-state index in [9.17, 15) is 0 Å². The minimum Gasteiger partial charge on any atom is -0.493 e. The van der Waals surface area contributed by atoms with E-state index in [-0.39, 0.29) is 6.04 Å². The summed E-state index contributed by atoms with van der Waals surface area (Å²) in [5.41, 5.74) is 8.27. The largest absolute Gasteiger partial charge is 0.493 e. The normalized spacial score (nSPS) is 14.3. The number of ether oxygens (including phenoxy) is 2. The fourth-order valence-electron chi connectivity index (χ4n) is 2.54. The van der Waals surface area contributed by atoms with Gasteiger partial charge in [-0.25, -0.2) is 0 Å². The van der Waals surface area contributed by atoms with Crippen LogP contribution < -0.4 is 15.2 Å². The van der Waals surface area contributed by atoms with Gasteiger partial charge in [-0.05, 0) is 56.7 Å². The molecule has 1 aromatic carbocycles. The molecule has 0 saturated carbocycles. The summed E-state index contributed by atoms with van der Waals surface area (Å²) >= 11 is 0. The predicted octanol–water partition coefficient (Wildman–Crippen LogP) is 2.21. The second-order valence-electron chi connectivity index (χ2n) is 5.19. The zero-order valence-electron chi connectivity index (χ0n) is 12.9. The molecule has 0 fully saturated rings. The van der Waals surface area contributed by atoms with Gasteiger partial charge in [0, 0.05) is 6.04 Å². The lowest BCUT2D eigenvalue weighted by molar-refractivity contribution is 0.226.